The van der Waals surface area contributed by atoms with Crippen molar-refractivity contribution in [3.05, 3.63) is 88.1 Å². The summed E-state index contributed by atoms with van der Waals surface area (Å²) >= 11 is 0. The number of rotatable bonds is 7. The Labute approximate surface area is 162 Å². The summed E-state index contributed by atoms with van der Waals surface area (Å²) in [5, 5.41) is 7.78. The molecule has 0 aliphatic heterocycles. The Morgan fingerprint density at radius 3 is 2.46 bits per heavy atom. The second kappa shape index (κ2) is 8.47. The van der Waals surface area contributed by atoms with Crippen molar-refractivity contribution in [2.24, 2.45) is 0 Å². The van der Waals surface area contributed by atoms with Crippen LogP contribution >= 0.6 is 0 Å². The topological polar surface area (TPSA) is 79.0 Å². The number of hydrogen-bond donors (Lipinski definition) is 0. The average Bonchev–Trinajstić information content (AvgIpc) is 3.13. The Morgan fingerprint density at radius 1 is 1.14 bits per heavy atom. The first-order valence-electron chi connectivity index (χ1n) is 8.98. The van der Waals surface area contributed by atoms with E-state index in [1.165, 1.54) is 0 Å². The van der Waals surface area contributed by atoms with Gasteiger partial charge in [-0.05, 0) is 42.7 Å². The van der Waals surface area contributed by atoms with Crippen LogP contribution in [-0.2, 0) is 17.8 Å². The van der Waals surface area contributed by atoms with E-state index in [9.17, 15) is 9.59 Å². The summed E-state index contributed by atoms with van der Waals surface area (Å²) in [7, 11) is 0. The van der Waals surface area contributed by atoms with E-state index in [1.54, 1.807) is 34.6 Å². The monoisotopic (exact) mass is 378 g/mol. The molecule has 0 aliphatic rings. The lowest BCUT2D eigenvalue weighted by Gasteiger charge is -2.09. The summed E-state index contributed by atoms with van der Waals surface area (Å²) in [6, 6.07) is 11.5. The molecule has 3 aromatic rings. The molecule has 28 heavy (non-hydrogen) atoms. The minimum Gasteiger partial charge on any atom is -0.461 e. The third-order valence-electron chi connectivity index (χ3n) is 4.22. The van der Waals surface area contributed by atoms with Crippen molar-refractivity contribution in [1.29, 1.82) is 0 Å². The first-order chi connectivity index (χ1) is 13.5. The van der Waals surface area contributed by atoms with Crippen molar-refractivity contribution in [3.63, 3.8) is 0 Å². The number of carbonyl (C=O) groups is 1. The highest BCUT2D eigenvalue weighted by atomic mass is 16.5. The number of hydrogen-bond acceptors (Lipinski definition) is 5. The number of aromatic nitrogens is 4. The van der Waals surface area contributed by atoms with Crippen molar-refractivity contribution < 1.29 is 9.53 Å². The molecule has 7 heteroatoms. The molecule has 3 rings (SSSR count). The average molecular weight is 378 g/mol. The highest BCUT2D eigenvalue weighted by Gasteiger charge is 2.11. The van der Waals surface area contributed by atoms with Crippen LogP contribution in [0.4, 0.5) is 0 Å². The van der Waals surface area contributed by atoms with Gasteiger partial charge < -0.3 is 9.30 Å². The maximum atomic E-state index is 12.5. The van der Waals surface area contributed by atoms with E-state index in [-0.39, 0.29) is 11.3 Å². The summed E-state index contributed by atoms with van der Waals surface area (Å²) in [5.41, 5.74) is 3.54. The molecule has 0 unspecified atom stereocenters. The van der Waals surface area contributed by atoms with E-state index >= 15 is 0 Å². The number of allylic oxidation sites excluding steroid dienone is 1. The fourth-order valence-electron chi connectivity index (χ4n) is 2.79. The van der Waals surface area contributed by atoms with Crippen LogP contribution in [0.15, 0.2) is 60.2 Å². The molecule has 0 amide bonds. The number of pyridine rings is 1. The molecular weight excluding hydrogens is 356 g/mol. The smallest absolute Gasteiger partial charge is 0.360 e. The van der Waals surface area contributed by atoms with Crippen molar-refractivity contribution in [3.8, 4) is 0 Å². The van der Waals surface area contributed by atoms with Gasteiger partial charge in [-0.25, -0.2) is 9.48 Å². The van der Waals surface area contributed by atoms with Crippen molar-refractivity contribution >= 4 is 11.5 Å². The molecule has 0 radical (unpaired) electrons. The van der Waals surface area contributed by atoms with Crippen LogP contribution in [0.1, 0.15) is 41.0 Å². The molecule has 0 saturated heterocycles. The third kappa shape index (κ3) is 4.43. The normalized spacial score (nSPS) is 10.6. The van der Waals surface area contributed by atoms with Gasteiger partial charge in [-0.15, -0.1) is 5.10 Å². The lowest BCUT2D eigenvalue weighted by atomic mass is 10.1. The molecule has 0 atom stereocenters. The van der Waals surface area contributed by atoms with Gasteiger partial charge in [0.05, 0.1) is 25.9 Å². The summed E-state index contributed by atoms with van der Waals surface area (Å²) in [5.74, 6) is -0.480. The van der Waals surface area contributed by atoms with Crippen molar-refractivity contribution in [2.45, 2.75) is 26.9 Å². The van der Waals surface area contributed by atoms with Crippen LogP contribution in [0.5, 0.6) is 0 Å². The number of esters is 1. The predicted octanol–water partition coefficient (Wildman–Crippen LogP) is 2.75. The van der Waals surface area contributed by atoms with Gasteiger partial charge in [0.2, 0.25) is 0 Å². The van der Waals surface area contributed by atoms with Crippen LogP contribution in [0.25, 0.3) is 5.57 Å². The van der Waals surface area contributed by atoms with Gasteiger partial charge in [0, 0.05) is 11.8 Å². The van der Waals surface area contributed by atoms with Crippen molar-refractivity contribution in [1.82, 2.24) is 19.6 Å². The molecule has 0 bridgehead atoms. The third-order valence-corrected chi connectivity index (χ3v) is 4.22. The molecule has 0 fully saturated rings. The first kappa shape index (κ1) is 19.3. The van der Waals surface area contributed by atoms with E-state index in [0.29, 0.717) is 25.3 Å². The molecule has 1 aromatic carbocycles. The maximum absolute atomic E-state index is 12.5. The second-order valence-corrected chi connectivity index (χ2v) is 6.47. The van der Waals surface area contributed by atoms with Crippen molar-refractivity contribution in [2.75, 3.05) is 6.61 Å². The van der Waals surface area contributed by atoms with Crippen LogP contribution in [0, 0.1) is 0 Å². The SMILES string of the molecule is C=C(C)c1cccn(Cc2ccc(Cn3cc(C(=O)OCC)nn3)cc2)c1=O. The van der Waals surface area contributed by atoms with Crippen LogP contribution in [0.2, 0.25) is 0 Å². The molecule has 0 saturated carbocycles. The molecule has 0 N–H and O–H groups in total. The molecule has 0 spiro atoms. The predicted molar refractivity (Wildman–Crippen MR) is 106 cm³/mol. The minimum absolute atomic E-state index is 0.0480. The number of ether oxygens (including phenoxy) is 1. The first-order valence-corrected chi connectivity index (χ1v) is 8.98. The molecule has 144 valence electrons. The summed E-state index contributed by atoms with van der Waals surface area (Å²) < 4.78 is 8.16. The largest absolute Gasteiger partial charge is 0.461 e. The van der Waals surface area contributed by atoms with E-state index in [0.717, 1.165) is 16.7 Å². The standard InChI is InChI=1S/C21H22N4O3/c1-4-28-21(27)19-14-25(23-22-19)13-17-9-7-16(8-10-17)12-24-11-5-6-18(15(2)3)20(24)26/h5-11,14H,2,4,12-13H2,1,3H3. The van der Waals surface area contributed by atoms with Crippen LogP contribution in [0.3, 0.4) is 0 Å². The van der Waals surface area contributed by atoms with Gasteiger partial charge in [-0.1, -0.05) is 36.1 Å². The Bertz CT molecular complexity index is 1050. The van der Waals surface area contributed by atoms with Gasteiger partial charge in [0.1, 0.15) is 0 Å². The Morgan fingerprint density at radius 2 is 1.82 bits per heavy atom. The van der Waals surface area contributed by atoms with Crippen LogP contribution in [-0.4, -0.2) is 32.1 Å². The molecule has 7 nitrogen and oxygen atoms in total. The van der Waals surface area contributed by atoms with E-state index in [1.807, 2.05) is 37.3 Å². The fourth-order valence-corrected chi connectivity index (χ4v) is 2.79. The lowest BCUT2D eigenvalue weighted by molar-refractivity contribution is 0.0519. The van der Waals surface area contributed by atoms with Gasteiger partial charge in [0.25, 0.3) is 5.56 Å². The summed E-state index contributed by atoms with van der Waals surface area (Å²) in [6.07, 6.45) is 3.34. The molecule has 2 heterocycles. The lowest BCUT2D eigenvalue weighted by Crippen LogP contribution is -2.22. The highest BCUT2D eigenvalue weighted by molar-refractivity contribution is 5.86. The molecule has 2 aromatic heterocycles. The minimum atomic E-state index is -0.480. The fraction of sp³-hybridized carbons (Fsp3) is 0.238. The maximum Gasteiger partial charge on any atom is 0.360 e. The van der Waals surface area contributed by atoms with Gasteiger partial charge in [-0.3, -0.25) is 4.79 Å². The van der Waals surface area contributed by atoms with E-state index in [2.05, 4.69) is 16.9 Å². The summed E-state index contributed by atoms with van der Waals surface area (Å²) in [6.45, 7) is 8.69. The zero-order valence-corrected chi connectivity index (χ0v) is 16.0. The Kier molecular flexibility index (Phi) is 5.84. The quantitative estimate of drug-likeness (QED) is 0.591. The Balaban J connectivity index is 1.69. The van der Waals surface area contributed by atoms with E-state index < -0.39 is 5.97 Å². The van der Waals surface area contributed by atoms with Gasteiger partial charge in [0.15, 0.2) is 5.69 Å². The Hall–Kier alpha value is -3.48. The highest BCUT2D eigenvalue weighted by Crippen LogP contribution is 2.10. The second-order valence-electron chi connectivity index (χ2n) is 6.47. The molecule has 0 aliphatic carbocycles. The number of benzene rings is 1. The van der Waals surface area contributed by atoms with E-state index in [4.69, 9.17) is 4.74 Å². The van der Waals surface area contributed by atoms with Gasteiger partial charge >= 0.3 is 5.97 Å². The number of carbonyl (C=O) groups excluding carboxylic acids is 1. The van der Waals surface area contributed by atoms with Crippen LogP contribution < -0.4 is 5.56 Å². The van der Waals surface area contributed by atoms with Gasteiger partial charge in [-0.2, -0.15) is 0 Å². The summed E-state index contributed by atoms with van der Waals surface area (Å²) in [4.78, 5) is 24.1. The zero-order valence-electron chi connectivity index (χ0n) is 16.0. The molecular formula is C21H22N4O3. The number of nitrogens with zero attached hydrogens (tertiary/aromatic N) is 4. The zero-order chi connectivity index (χ0) is 20.1.